The van der Waals surface area contributed by atoms with Crippen LogP contribution in [0.4, 0.5) is 5.69 Å². The van der Waals surface area contributed by atoms with Gasteiger partial charge in [0.2, 0.25) is 0 Å². The molecular weight excluding hydrogens is 272 g/mol. The molecule has 1 heterocycles. The lowest BCUT2D eigenvalue weighted by Gasteiger charge is -2.32. The van der Waals surface area contributed by atoms with Crippen LogP contribution in [0.2, 0.25) is 0 Å². The van der Waals surface area contributed by atoms with Crippen LogP contribution in [0.5, 0.6) is 0 Å². The second kappa shape index (κ2) is 5.88. The average Bonchev–Trinajstić information content (AvgIpc) is 2.83. The molecule has 2 rings (SSSR count). The average molecular weight is 286 g/mol. The first-order chi connectivity index (χ1) is 10.0. The van der Waals surface area contributed by atoms with Crippen molar-refractivity contribution in [2.75, 3.05) is 6.54 Å². The minimum Gasteiger partial charge on any atom is -0.280 e. The van der Waals surface area contributed by atoms with Gasteiger partial charge in [-0.25, -0.2) is 0 Å². The van der Waals surface area contributed by atoms with Crippen LogP contribution in [0.1, 0.15) is 25.3 Å². The molecule has 2 atom stereocenters. The van der Waals surface area contributed by atoms with E-state index in [0.29, 0.717) is 13.0 Å². The maximum absolute atomic E-state index is 10.7. The fraction of sp³-hybridized carbons (Fsp3) is 0.429. The van der Waals surface area contributed by atoms with Gasteiger partial charge in [-0.2, -0.15) is 15.6 Å². The number of nitro groups is 1. The van der Waals surface area contributed by atoms with Crippen LogP contribution in [-0.4, -0.2) is 22.6 Å². The molecule has 108 valence electrons. The van der Waals surface area contributed by atoms with Crippen molar-refractivity contribution < 1.29 is 9.76 Å². The largest absolute Gasteiger partial charge is 0.280 e. The molecule has 0 N–H and O–H groups in total. The molecule has 1 aliphatic heterocycles. The normalized spacial score (nSPS) is 25.2. The number of nitriles is 2. The molecule has 0 unspecified atom stereocenters. The molecule has 7 heteroatoms. The molecule has 0 saturated carbocycles. The van der Waals surface area contributed by atoms with Gasteiger partial charge in [0.25, 0.3) is 5.69 Å². The Kier molecular flexibility index (Phi) is 4.18. The van der Waals surface area contributed by atoms with Gasteiger partial charge in [-0.3, -0.25) is 15.0 Å². The van der Waals surface area contributed by atoms with Crippen LogP contribution in [0.3, 0.4) is 0 Å². The van der Waals surface area contributed by atoms with Crippen molar-refractivity contribution in [3.8, 4) is 12.1 Å². The van der Waals surface area contributed by atoms with E-state index in [2.05, 4.69) is 6.07 Å². The Balaban J connectivity index is 2.30. The van der Waals surface area contributed by atoms with Crippen LogP contribution in [0, 0.1) is 32.8 Å². The Labute approximate surface area is 122 Å². The topological polar surface area (TPSA) is 103 Å². The molecule has 0 spiro atoms. The van der Waals surface area contributed by atoms with E-state index in [1.54, 1.807) is 17.2 Å². The standard InChI is InChI=1S/C14H14N4O3/c1-14(11-3-5-12(6-4-11)18(19)20)9-13(10-16)21-17(14)8-2-7-15/h3-6,13H,2,8-9H2,1H3/t13-,14-/m0/s1. The van der Waals surface area contributed by atoms with Crippen molar-refractivity contribution in [2.45, 2.75) is 31.4 Å². The van der Waals surface area contributed by atoms with E-state index < -0.39 is 16.6 Å². The van der Waals surface area contributed by atoms with Gasteiger partial charge in [-0.1, -0.05) is 12.1 Å². The monoisotopic (exact) mass is 286 g/mol. The number of benzene rings is 1. The van der Waals surface area contributed by atoms with Gasteiger partial charge < -0.3 is 0 Å². The Morgan fingerprint density at radius 2 is 2.14 bits per heavy atom. The van der Waals surface area contributed by atoms with Crippen molar-refractivity contribution in [3.05, 3.63) is 39.9 Å². The first-order valence-corrected chi connectivity index (χ1v) is 6.47. The first kappa shape index (κ1) is 14.9. The summed E-state index contributed by atoms with van der Waals surface area (Å²) in [6.45, 7) is 2.28. The smallest absolute Gasteiger partial charge is 0.269 e. The van der Waals surface area contributed by atoms with Crippen molar-refractivity contribution in [1.82, 2.24) is 5.06 Å². The Hall–Kier alpha value is -2.48. The zero-order valence-corrected chi connectivity index (χ0v) is 11.5. The van der Waals surface area contributed by atoms with E-state index in [9.17, 15) is 10.1 Å². The second-order valence-corrected chi connectivity index (χ2v) is 5.02. The van der Waals surface area contributed by atoms with Crippen molar-refractivity contribution in [3.63, 3.8) is 0 Å². The molecule has 0 radical (unpaired) electrons. The van der Waals surface area contributed by atoms with Crippen LogP contribution >= 0.6 is 0 Å². The van der Waals surface area contributed by atoms with Gasteiger partial charge >= 0.3 is 0 Å². The molecule has 21 heavy (non-hydrogen) atoms. The highest BCUT2D eigenvalue weighted by Gasteiger charge is 2.44. The summed E-state index contributed by atoms with van der Waals surface area (Å²) in [5, 5.41) is 30.1. The maximum atomic E-state index is 10.7. The van der Waals surface area contributed by atoms with Gasteiger partial charge in [-0.05, 0) is 12.5 Å². The van der Waals surface area contributed by atoms with E-state index in [-0.39, 0.29) is 12.1 Å². The van der Waals surface area contributed by atoms with E-state index in [1.807, 2.05) is 13.0 Å². The predicted octanol–water partition coefficient (Wildman–Crippen LogP) is 2.25. The third-order valence-corrected chi connectivity index (χ3v) is 3.66. The molecule has 0 amide bonds. The lowest BCUT2D eigenvalue weighted by Crippen LogP contribution is -2.38. The number of non-ortho nitro benzene ring substituents is 1. The summed E-state index contributed by atoms with van der Waals surface area (Å²) in [5.41, 5.74) is 0.261. The van der Waals surface area contributed by atoms with Gasteiger partial charge in [0.1, 0.15) is 0 Å². The summed E-state index contributed by atoms with van der Waals surface area (Å²) in [7, 11) is 0. The molecule has 1 aromatic carbocycles. The number of nitro benzene ring substituents is 1. The van der Waals surface area contributed by atoms with Gasteiger partial charge in [-0.15, -0.1) is 0 Å². The minimum absolute atomic E-state index is 0.0154. The lowest BCUT2D eigenvalue weighted by atomic mass is 9.87. The fourth-order valence-electron chi connectivity index (χ4n) is 2.49. The third-order valence-electron chi connectivity index (χ3n) is 3.66. The number of rotatable bonds is 4. The summed E-state index contributed by atoms with van der Waals surface area (Å²) in [6.07, 6.45) is 0.150. The first-order valence-electron chi connectivity index (χ1n) is 6.47. The van der Waals surface area contributed by atoms with Gasteiger partial charge in [0.15, 0.2) is 6.10 Å². The number of nitrogens with zero attached hydrogens (tertiary/aromatic N) is 4. The SMILES string of the molecule is C[C@@]1(c2ccc([N+](=O)[O-])cc2)C[C@@H](C#N)ON1CCC#N. The van der Waals surface area contributed by atoms with Gasteiger partial charge in [0, 0.05) is 25.1 Å². The molecule has 1 fully saturated rings. The van der Waals surface area contributed by atoms with Crippen LogP contribution in [0.15, 0.2) is 24.3 Å². The van der Waals surface area contributed by atoms with E-state index >= 15 is 0 Å². The minimum atomic E-state index is -0.580. The predicted molar refractivity (Wildman–Crippen MR) is 72.5 cm³/mol. The maximum Gasteiger partial charge on any atom is 0.269 e. The summed E-state index contributed by atoms with van der Waals surface area (Å²) < 4.78 is 0. The molecule has 0 bridgehead atoms. The summed E-state index contributed by atoms with van der Waals surface area (Å²) in [6, 6.07) is 10.3. The summed E-state index contributed by atoms with van der Waals surface area (Å²) in [5.74, 6) is 0. The van der Waals surface area contributed by atoms with Crippen LogP contribution < -0.4 is 0 Å². The molecule has 1 aliphatic rings. The molecule has 1 aromatic rings. The Morgan fingerprint density at radius 1 is 1.48 bits per heavy atom. The fourth-order valence-corrected chi connectivity index (χ4v) is 2.49. The highest BCUT2D eigenvalue weighted by atomic mass is 16.7. The second-order valence-electron chi connectivity index (χ2n) is 5.02. The van der Waals surface area contributed by atoms with Crippen LogP contribution in [0.25, 0.3) is 0 Å². The van der Waals surface area contributed by atoms with E-state index in [1.165, 1.54) is 12.1 Å². The number of hydrogen-bond acceptors (Lipinski definition) is 6. The molecule has 0 aliphatic carbocycles. The van der Waals surface area contributed by atoms with E-state index in [0.717, 1.165) is 5.56 Å². The van der Waals surface area contributed by atoms with Crippen molar-refractivity contribution >= 4 is 5.69 Å². The summed E-state index contributed by atoms with van der Waals surface area (Å²) >= 11 is 0. The molecular formula is C14H14N4O3. The van der Waals surface area contributed by atoms with Crippen molar-refractivity contribution in [1.29, 1.82) is 10.5 Å². The van der Waals surface area contributed by atoms with E-state index in [4.69, 9.17) is 15.4 Å². The Morgan fingerprint density at radius 3 is 2.67 bits per heavy atom. The zero-order valence-electron chi connectivity index (χ0n) is 11.5. The molecule has 7 nitrogen and oxygen atoms in total. The third kappa shape index (κ3) is 2.84. The number of hydrogen-bond donors (Lipinski definition) is 0. The highest BCUT2D eigenvalue weighted by Crippen LogP contribution is 2.40. The number of hydroxylamine groups is 2. The van der Waals surface area contributed by atoms with Crippen LogP contribution in [-0.2, 0) is 10.4 Å². The zero-order chi connectivity index (χ0) is 15.5. The quantitative estimate of drug-likeness (QED) is 0.621. The highest BCUT2D eigenvalue weighted by molar-refractivity contribution is 5.36. The Bertz CT molecular complexity index is 617. The van der Waals surface area contributed by atoms with Gasteiger partial charge in [0.05, 0.1) is 29.0 Å². The molecule has 0 aromatic heterocycles. The lowest BCUT2D eigenvalue weighted by molar-refractivity contribution is -0.384. The molecule has 1 saturated heterocycles. The summed E-state index contributed by atoms with van der Waals surface area (Å²) in [4.78, 5) is 15.8. The van der Waals surface area contributed by atoms with Crippen molar-refractivity contribution in [2.24, 2.45) is 0 Å².